The zero-order valence-corrected chi connectivity index (χ0v) is 12.7. The van der Waals surface area contributed by atoms with Gasteiger partial charge in [-0.05, 0) is 32.2 Å². The average molecular weight is 286 g/mol. The third kappa shape index (κ3) is 3.94. The first-order valence-electron chi connectivity index (χ1n) is 7.23. The zero-order valence-electron chi connectivity index (χ0n) is 11.9. The van der Waals surface area contributed by atoms with E-state index in [1.165, 1.54) is 19.3 Å². The van der Waals surface area contributed by atoms with Crippen LogP contribution < -0.4 is 5.32 Å². The Kier molecular flexibility index (Phi) is 5.67. The van der Waals surface area contributed by atoms with E-state index < -0.39 is 0 Å². The number of aryl methyl sites for hydroxylation is 2. The molecule has 1 unspecified atom stereocenters. The minimum atomic E-state index is 0.551. The zero-order chi connectivity index (χ0) is 13.7. The van der Waals surface area contributed by atoms with Crippen LogP contribution in [0, 0.1) is 0 Å². The molecule has 1 aliphatic rings. The molecule has 4 nitrogen and oxygen atoms in total. The van der Waals surface area contributed by atoms with Crippen LogP contribution in [0.15, 0.2) is 0 Å². The Morgan fingerprint density at radius 2 is 2.32 bits per heavy atom. The molecule has 1 aromatic rings. The Bertz CT molecular complexity index is 400. The third-order valence-electron chi connectivity index (χ3n) is 3.76. The summed E-state index contributed by atoms with van der Waals surface area (Å²) in [5, 5.41) is 8.68. The number of rotatable bonds is 6. The minimum Gasteiger partial charge on any atom is -0.375 e. The fourth-order valence-electron chi connectivity index (χ4n) is 2.54. The number of hydrogen-bond donors (Lipinski definition) is 1. The van der Waals surface area contributed by atoms with Gasteiger partial charge < -0.3 is 10.1 Å². The maximum atomic E-state index is 6.28. The highest BCUT2D eigenvalue weighted by Crippen LogP contribution is 2.21. The molecule has 5 heteroatoms. The molecule has 0 spiro atoms. The monoisotopic (exact) mass is 285 g/mol. The number of ether oxygens (including phenoxy) is 1. The molecule has 1 atom stereocenters. The van der Waals surface area contributed by atoms with Gasteiger partial charge in [-0.1, -0.05) is 24.9 Å². The van der Waals surface area contributed by atoms with Gasteiger partial charge >= 0.3 is 0 Å². The molecule has 0 amide bonds. The van der Waals surface area contributed by atoms with Crippen molar-refractivity contribution in [1.29, 1.82) is 0 Å². The molecule has 1 aromatic heterocycles. The van der Waals surface area contributed by atoms with Crippen LogP contribution in [0.2, 0.25) is 5.02 Å². The fourth-order valence-corrected chi connectivity index (χ4v) is 2.89. The number of aromatic nitrogens is 2. The van der Waals surface area contributed by atoms with Crippen LogP contribution in [-0.2, 0) is 24.8 Å². The Morgan fingerprint density at radius 1 is 1.47 bits per heavy atom. The third-order valence-corrected chi connectivity index (χ3v) is 4.20. The molecular formula is C14H24ClN3O. The van der Waals surface area contributed by atoms with Gasteiger partial charge in [-0.25, -0.2) is 0 Å². The molecule has 0 bridgehead atoms. The molecule has 1 fully saturated rings. The van der Waals surface area contributed by atoms with Crippen LogP contribution in [0.1, 0.15) is 44.0 Å². The summed E-state index contributed by atoms with van der Waals surface area (Å²) >= 11 is 6.28. The lowest BCUT2D eigenvalue weighted by atomic mass is 10.0. The first kappa shape index (κ1) is 14.8. The van der Waals surface area contributed by atoms with Crippen LogP contribution in [0.4, 0.5) is 0 Å². The molecule has 0 aliphatic carbocycles. The molecule has 0 radical (unpaired) electrons. The van der Waals surface area contributed by atoms with Crippen molar-refractivity contribution in [3.63, 3.8) is 0 Å². The topological polar surface area (TPSA) is 39.1 Å². The summed E-state index contributed by atoms with van der Waals surface area (Å²) in [6, 6.07) is 0.627. The van der Waals surface area contributed by atoms with Gasteiger partial charge in [-0.15, -0.1) is 0 Å². The van der Waals surface area contributed by atoms with Gasteiger partial charge in [0.1, 0.15) is 0 Å². The van der Waals surface area contributed by atoms with E-state index in [0.29, 0.717) is 12.6 Å². The van der Waals surface area contributed by atoms with Crippen molar-refractivity contribution in [2.75, 3.05) is 13.2 Å². The highest BCUT2D eigenvalue weighted by Gasteiger charge is 2.14. The first-order valence-corrected chi connectivity index (χ1v) is 7.61. The van der Waals surface area contributed by atoms with E-state index in [0.717, 1.165) is 42.4 Å². The van der Waals surface area contributed by atoms with Gasteiger partial charge in [0, 0.05) is 19.7 Å². The van der Waals surface area contributed by atoms with E-state index in [4.69, 9.17) is 16.3 Å². The van der Waals surface area contributed by atoms with Gasteiger partial charge in [-0.2, -0.15) is 5.10 Å². The maximum Gasteiger partial charge on any atom is 0.0899 e. The van der Waals surface area contributed by atoms with Crippen molar-refractivity contribution in [3.8, 4) is 0 Å². The average Bonchev–Trinajstić information content (AvgIpc) is 2.71. The van der Waals surface area contributed by atoms with E-state index >= 15 is 0 Å². The number of piperidine rings is 1. The smallest absolute Gasteiger partial charge is 0.0899 e. The lowest BCUT2D eigenvalue weighted by molar-refractivity contribution is 0.104. The molecule has 1 aliphatic heterocycles. The lowest BCUT2D eigenvalue weighted by Gasteiger charge is -2.23. The normalized spacial score (nSPS) is 19.8. The van der Waals surface area contributed by atoms with Crippen LogP contribution in [0.5, 0.6) is 0 Å². The predicted octanol–water partition coefficient (Wildman–Crippen LogP) is 2.68. The summed E-state index contributed by atoms with van der Waals surface area (Å²) in [7, 11) is 1.92. The standard InChI is InChI=1S/C14H24ClN3O/c1-3-12-14(15)13(18(2)17-12)10-19-9-7-11-6-4-5-8-16-11/h11,16H,3-10H2,1-2H3. The molecule has 1 saturated heterocycles. The van der Waals surface area contributed by atoms with Gasteiger partial charge in [0.2, 0.25) is 0 Å². The molecule has 2 rings (SSSR count). The summed E-state index contributed by atoms with van der Waals surface area (Å²) in [5.41, 5.74) is 1.94. The summed E-state index contributed by atoms with van der Waals surface area (Å²) in [4.78, 5) is 0. The van der Waals surface area contributed by atoms with Gasteiger partial charge in [0.25, 0.3) is 0 Å². The van der Waals surface area contributed by atoms with Crippen molar-refractivity contribution in [2.24, 2.45) is 7.05 Å². The van der Waals surface area contributed by atoms with E-state index in [1.54, 1.807) is 0 Å². The summed E-state index contributed by atoms with van der Waals surface area (Å²) in [6.45, 7) is 4.54. The van der Waals surface area contributed by atoms with Gasteiger partial charge in [0.15, 0.2) is 0 Å². The Balaban J connectivity index is 1.74. The van der Waals surface area contributed by atoms with E-state index in [2.05, 4.69) is 17.3 Å². The summed E-state index contributed by atoms with van der Waals surface area (Å²) in [6.07, 6.45) is 5.86. The minimum absolute atomic E-state index is 0.551. The van der Waals surface area contributed by atoms with Crippen molar-refractivity contribution < 1.29 is 4.74 Å². The quantitative estimate of drug-likeness (QED) is 0.817. The predicted molar refractivity (Wildman–Crippen MR) is 77.5 cm³/mol. The fraction of sp³-hybridized carbons (Fsp3) is 0.786. The lowest BCUT2D eigenvalue weighted by Crippen LogP contribution is -2.34. The van der Waals surface area contributed by atoms with Crippen molar-refractivity contribution in [3.05, 3.63) is 16.4 Å². The molecule has 1 N–H and O–H groups in total. The Hall–Kier alpha value is -0.580. The molecule has 19 heavy (non-hydrogen) atoms. The van der Waals surface area contributed by atoms with Crippen molar-refractivity contribution >= 4 is 11.6 Å². The maximum absolute atomic E-state index is 6.28. The summed E-state index contributed by atoms with van der Waals surface area (Å²) < 4.78 is 7.59. The Labute approximate surface area is 120 Å². The number of nitrogens with zero attached hydrogens (tertiary/aromatic N) is 2. The first-order chi connectivity index (χ1) is 9.22. The van der Waals surface area contributed by atoms with Crippen molar-refractivity contribution in [2.45, 2.75) is 51.7 Å². The van der Waals surface area contributed by atoms with Gasteiger partial charge in [0.05, 0.1) is 23.0 Å². The van der Waals surface area contributed by atoms with E-state index in [-0.39, 0.29) is 0 Å². The van der Waals surface area contributed by atoms with Crippen LogP contribution in [-0.4, -0.2) is 29.0 Å². The van der Waals surface area contributed by atoms with Gasteiger partial charge in [-0.3, -0.25) is 4.68 Å². The largest absolute Gasteiger partial charge is 0.375 e. The van der Waals surface area contributed by atoms with E-state index in [9.17, 15) is 0 Å². The SMILES string of the molecule is CCc1nn(C)c(COCCC2CCCCN2)c1Cl. The number of nitrogens with one attached hydrogen (secondary N) is 1. The van der Waals surface area contributed by atoms with Crippen LogP contribution >= 0.6 is 11.6 Å². The highest BCUT2D eigenvalue weighted by molar-refractivity contribution is 6.31. The number of halogens is 1. The Morgan fingerprint density at radius 3 is 2.95 bits per heavy atom. The molecule has 108 valence electrons. The second kappa shape index (κ2) is 7.27. The number of hydrogen-bond acceptors (Lipinski definition) is 3. The summed E-state index contributed by atoms with van der Waals surface area (Å²) in [5.74, 6) is 0. The highest BCUT2D eigenvalue weighted by atomic mass is 35.5. The molecule has 0 aromatic carbocycles. The molecular weight excluding hydrogens is 262 g/mol. The van der Waals surface area contributed by atoms with Crippen molar-refractivity contribution in [1.82, 2.24) is 15.1 Å². The second-order valence-electron chi connectivity index (χ2n) is 5.17. The molecule has 2 heterocycles. The van der Waals surface area contributed by atoms with Crippen LogP contribution in [0.3, 0.4) is 0 Å². The van der Waals surface area contributed by atoms with E-state index in [1.807, 2.05) is 11.7 Å². The molecule has 0 saturated carbocycles. The second-order valence-corrected chi connectivity index (χ2v) is 5.55. The van der Waals surface area contributed by atoms with Crippen LogP contribution in [0.25, 0.3) is 0 Å².